The van der Waals surface area contributed by atoms with Crippen LogP contribution in [-0.2, 0) is 19.1 Å². The van der Waals surface area contributed by atoms with Crippen LogP contribution in [0, 0.1) is 0 Å². The molecule has 5 nitrogen and oxygen atoms in total. The molecule has 0 rings (SSSR count). The van der Waals surface area contributed by atoms with E-state index in [9.17, 15) is 9.59 Å². The molecule has 5 heteroatoms. The predicted molar refractivity (Wildman–Crippen MR) is 31.4 cm³/mol. The molecule has 0 fully saturated rings. The molecule has 0 spiro atoms. The molecule has 1 N–H and O–H groups in total. The van der Waals surface area contributed by atoms with E-state index in [1.165, 1.54) is 0 Å². The normalized spacial score (nSPS) is 6.90. The van der Waals surface area contributed by atoms with Gasteiger partial charge in [0, 0.05) is 6.92 Å². The van der Waals surface area contributed by atoms with E-state index in [1.807, 2.05) is 6.79 Å². The van der Waals surface area contributed by atoms with Crippen molar-refractivity contribution in [3.63, 3.8) is 0 Å². The highest BCUT2D eigenvalue weighted by Gasteiger charge is 1.97. The Morgan fingerprint density at radius 1 is 1.50 bits per heavy atom. The molecule has 0 aliphatic heterocycles. The van der Waals surface area contributed by atoms with Gasteiger partial charge < -0.3 is 14.6 Å². The van der Waals surface area contributed by atoms with E-state index in [0.717, 1.165) is 6.92 Å². The first-order chi connectivity index (χ1) is 4.63. The van der Waals surface area contributed by atoms with Gasteiger partial charge in [-0.2, -0.15) is 0 Å². The standard InChI is InChI=1S/C4H6O4.CH2O/c1-3(5)8-2-4(6)7;1-2/h2H2,1H3,(H,6,7);1H2. The van der Waals surface area contributed by atoms with Crippen molar-refractivity contribution in [3.05, 3.63) is 0 Å². The van der Waals surface area contributed by atoms with Gasteiger partial charge in [0.05, 0.1) is 0 Å². The van der Waals surface area contributed by atoms with Gasteiger partial charge in [0.25, 0.3) is 0 Å². The number of carboxylic acid groups (broad SMARTS) is 1. The lowest BCUT2D eigenvalue weighted by Crippen LogP contribution is -2.09. The Kier molecular flexibility index (Phi) is 8.68. The monoisotopic (exact) mass is 148 g/mol. The van der Waals surface area contributed by atoms with Gasteiger partial charge in [-0.15, -0.1) is 0 Å². The molecule has 0 aromatic rings. The zero-order valence-corrected chi connectivity index (χ0v) is 5.49. The van der Waals surface area contributed by atoms with Crippen LogP contribution < -0.4 is 0 Å². The smallest absolute Gasteiger partial charge is 0.341 e. The molecule has 0 unspecified atom stereocenters. The van der Waals surface area contributed by atoms with Crippen molar-refractivity contribution >= 4 is 18.7 Å². The number of rotatable bonds is 2. The summed E-state index contributed by atoms with van der Waals surface area (Å²) in [5, 5.41) is 7.89. The molecule has 0 atom stereocenters. The lowest BCUT2D eigenvalue weighted by atomic mass is 10.7. The Bertz CT molecular complexity index is 105. The minimum atomic E-state index is -1.14. The lowest BCUT2D eigenvalue weighted by Gasteiger charge is -1.92. The number of hydrogen-bond acceptors (Lipinski definition) is 4. The van der Waals surface area contributed by atoms with Gasteiger partial charge >= 0.3 is 11.9 Å². The minimum absolute atomic E-state index is 0.546. The zero-order chi connectivity index (χ0) is 8.57. The first-order valence-corrected chi connectivity index (χ1v) is 2.27. The van der Waals surface area contributed by atoms with Gasteiger partial charge in [0.15, 0.2) is 6.61 Å². The van der Waals surface area contributed by atoms with Gasteiger partial charge in [0.2, 0.25) is 0 Å². The number of hydrogen-bond donors (Lipinski definition) is 1. The zero-order valence-electron chi connectivity index (χ0n) is 5.49. The highest BCUT2D eigenvalue weighted by molar-refractivity contribution is 5.73. The predicted octanol–water partition coefficient (Wildman–Crippen LogP) is -0.551. The molecule has 0 aromatic heterocycles. The van der Waals surface area contributed by atoms with Crippen molar-refractivity contribution in [1.82, 2.24) is 0 Å². The quantitative estimate of drug-likeness (QED) is 0.531. The molecule has 58 valence electrons. The highest BCUT2D eigenvalue weighted by Crippen LogP contribution is 1.73. The molecule has 0 aliphatic rings. The summed E-state index contributed by atoms with van der Waals surface area (Å²) >= 11 is 0. The molecule has 0 bridgehead atoms. The maximum Gasteiger partial charge on any atom is 0.341 e. The fourth-order valence-electron chi connectivity index (χ4n) is 0.163. The van der Waals surface area contributed by atoms with Crippen molar-refractivity contribution < 1.29 is 24.2 Å². The number of esters is 1. The van der Waals surface area contributed by atoms with Crippen LogP contribution in [0.5, 0.6) is 0 Å². The van der Waals surface area contributed by atoms with Gasteiger partial charge in [-0.25, -0.2) is 4.79 Å². The van der Waals surface area contributed by atoms with Crippen LogP contribution in [0.3, 0.4) is 0 Å². The molecule has 0 amide bonds. The minimum Gasteiger partial charge on any atom is -0.479 e. The van der Waals surface area contributed by atoms with Crippen LogP contribution in [0.1, 0.15) is 6.92 Å². The van der Waals surface area contributed by atoms with Gasteiger partial charge in [-0.1, -0.05) is 0 Å². The third-order valence-electron chi connectivity index (χ3n) is 0.399. The van der Waals surface area contributed by atoms with Crippen LogP contribution >= 0.6 is 0 Å². The fraction of sp³-hybridized carbons (Fsp3) is 0.400. The topological polar surface area (TPSA) is 80.7 Å². The number of aliphatic carboxylic acids is 1. The summed E-state index contributed by atoms with van der Waals surface area (Å²) in [6.07, 6.45) is 0. The van der Waals surface area contributed by atoms with Gasteiger partial charge in [0.1, 0.15) is 6.79 Å². The molecule has 0 radical (unpaired) electrons. The van der Waals surface area contributed by atoms with E-state index in [1.54, 1.807) is 0 Å². The van der Waals surface area contributed by atoms with Crippen LogP contribution in [0.4, 0.5) is 0 Å². The van der Waals surface area contributed by atoms with E-state index in [4.69, 9.17) is 9.90 Å². The second-order valence-corrected chi connectivity index (χ2v) is 1.17. The van der Waals surface area contributed by atoms with E-state index in [0.29, 0.717) is 0 Å². The second kappa shape index (κ2) is 7.61. The van der Waals surface area contributed by atoms with E-state index >= 15 is 0 Å². The summed E-state index contributed by atoms with van der Waals surface area (Å²) in [7, 11) is 0. The van der Waals surface area contributed by atoms with Crippen molar-refractivity contribution in [2.24, 2.45) is 0 Å². The highest BCUT2D eigenvalue weighted by atomic mass is 16.5. The van der Waals surface area contributed by atoms with Crippen LogP contribution in [0.25, 0.3) is 0 Å². The average molecular weight is 148 g/mol. The summed E-state index contributed by atoms with van der Waals surface area (Å²) in [6, 6.07) is 0. The summed E-state index contributed by atoms with van der Waals surface area (Å²) < 4.78 is 4.06. The third-order valence-corrected chi connectivity index (χ3v) is 0.399. The number of carbonyl (C=O) groups is 3. The summed E-state index contributed by atoms with van der Waals surface area (Å²) in [5.41, 5.74) is 0. The SMILES string of the molecule is C=O.CC(=O)OCC(=O)O. The Labute approximate surface area is 57.6 Å². The third kappa shape index (κ3) is 16.0. The lowest BCUT2D eigenvalue weighted by molar-refractivity contribution is -0.153. The molecular weight excluding hydrogens is 140 g/mol. The average Bonchev–Trinajstić information content (AvgIpc) is 1.89. The van der Waals surface area contributed by atoms with Crippen molar-refractivity contribution in [2.45, 2.75) is 6.92 Å². The second-order valence-electron chi connectivity index (χ2n) is 1.17. The number of ether oxygens (including phenoxy) is 1. The van der Waals surface area contributed by atoms with Gasteiger partial charge in [-0.05, 0) is 0 Å². The van der Waals surface area contributed by atoms with E-state index in [2.05, 4.69) is 4.74 Å². The molecule has 0 heterocycles. The Morgan fingerprint density at radius 3 is 2.00 bits per heavy atom. The van der Waals surface area contributed by atoms with Crippen LogP contribution in [-0.4, -0.2) is 30.4 Å². The number of carboxylic acids is 1. The molecule has 0 aliphatic carbocycles. The number of carbonyl (C=O) groups excluding carboxylic acids is 2. The molecule has 0 aromatic carbocycles. The Morgan fingerprint density at radius 2 is 1.90 bits per heavy atom. The molecule has 0 saturated heterocycles. The first kappa shape index (κ1) is 11.4. The first-order valence-electron chi connectivity index (χ1n) is 2.27. The van der Waals surface area contributed by atoms with Crippen LogP contribution in [0.2, 0.25) is 0 Å². The van der Waals surface area contributed by atoms with Crippen molar-refractivity contribution in [1.29, 1.82) is 0 Å². The van der Waals surface area contributed by atoms with E-state index in [-0.39, 0.29) is 0 Å². The summed E-state index contributed by atoms with van der Waals surface area (Å²) in [5.74, 6) is -1.72. The maximum atomic E-state index is 9.86. The van der Waals surface area contributed by atoms with E-state index < -0.39 is 18.5 Å². The largest absolute Gasteiger partial charge is 0.479 e. The molecular formula is C5H8O5. The van der Waals surface area contributed by atoms with Crippen molar-refractivity contribution in [3.8, 4) is 0 Å². The van der Waals surface area contributed by atoms with Gasteiger partial charge in [-0.3, -0.25) is 4.79 Å². The summed E-state index contributed by atoms with van der Waals surface area (Å²) in [4.78, 5) is 27.5. The molecule has 0 saturated carbocycles. The summed E-state index contributed by atoms with van der Waals surface area (Å²) in [6.45, 7) is 2.61. The fourth-order valence-corrected chi connectivity index (χ4v) is 0.163. The maximum absolute atomic E-state index is 9.86. The Balaban J connectivity index is 0. The van der Waals surface area contributed by atoms with Crippen molar-refractivity contribution in [2.75, 3.05) is 6.61 Å². The Hall–Kier alpha value is -1.39. The van der Waals surface area contributed by atoms with Crippen LogP contribution in [0.15, 0.2) is 0 Å². The molecule has 10 heavy (non-hydrogen) atoms.